The number of nitrogens with one attached hydrogen (secondary N) is 3. The van der Waals surface area contributed by atoms with E-state index in [1.54, 1.807) is 6.92 Å². The van der Waals surface area contributed by atoms with Crippen LogP contribution in [0.2, 0.25) is 0 Å². The van der Waals surface area contributed by atoms with E-state index < -0.39 is 21.9 Å². The summed E-state index contributed by atoms with van der Waals surface area (Å²) in [6.45, 7) is 1.86. The van der Waals surface area contributed by atoms with Crippen molar-refractivity contribution in [1.82, 2.24) is 4.72 Å². The van der Waals surface area contributed by atoms with Crippen LogP contribution in [0.5, 0.6) is 0 Å². The highest BCUT2D eigenvalue weighted by Gasteiger charge is 2.11. The third-order valence-electron chi connectivity index (χ3n) is 1.84. The molecule has 6 nitrogen and oxygen atoms in total. The average molecular weight is 260 g/mol. The largest absolute Gasteiger partial charge is 0.384 e. The number of anilines is 1. The number of nitrogens with two attached hydrogens (primary N) is 1. The average Bonchev–Trinajstić information content (AvgIpc) is 2.20. The fourth-order valence-corrected chi connectivity index (χ4v) is 2.07. The maximum absolute atomic E-state index is 13.2. The van der Waals surface area contributed by atoms with Gasteiger partial charge in [0, 0.05) is 6.54 Å². The predicted molar refractivity (Wildman–Crippen MR) is 63.6 cm³/mol. The molecular formula is C9H13FN4O2S. The van der Waals surface area contributed by atoms with E-state index in [0.717, 1.165) is 12.1 Å². The smallest absolute Gasteiger partial charge is 0.299 e. The zero-order chi connectivity index (χ0) is 13.1. The molecule has 0 radical (unpaired) electrons. The number of halogens is 1. The van der Waals surface area contributed by atoms with Crippen LogP contribution in [0.4, 0.5) is 10.1 Å². The highest BCUT2D eigenvalue weighted by Crippen LogP contribution is 2.15. The number of hydrogen-bond donors (Lipinski definition) is 4. The van der Waals surface area contributed by atoms with Crippen molar-refractivity contribution in [3.63, 3.8) is 0 Å². The molecule has 0 spiro atoms. The summed E-state index contributed by atoms with van der Waals surface area (Å²) in [4.78, 5) is 0. The van der Waals surface area contributed by atoms with E-state index in [1.165, 1.54) is 6.07 Å². The summed E-state index contributed by atoms with van der Waals surface area (Å²) in [7, 11) is -3.67. The minimum Gasteiger partial charge on any atom is -0.384 e. The molecule has 0 heterocycles. The molecule has 0 aromatic heterocycles. The van der Waals surface area contributed by atoms with Crippen LogP contribution in [0, 0.1) is 11.2 Å². The van der Waals surface area contributed by atoms with Gasteiger partial charge < -0.3 is 5.73 Å². The molecule has 1 aromatic rings. The number of amidine groups is 1. The second-order valence-corrected chi connectivity index (χ2v) is 4.71. The molecule has 0 atom stereocenters. The molecule has 0 aliphatic heterocycles. The third kappa shape index (κ3) is 3.68. The zero-order valence-electron chi connectivity index (χ0n) is 9.12. The summed E-state index contributed by atoms with van der Waals surface area (Å²) in [6.07, 6.45) is 0. The first-order valence-electron chi connectivity index (χ1n) is 4.77. The quantitative estimate of drug-likeness (QED) is 0.454. The number of rotatable bonds is 5. The summed E-state index contributed by atoms with van der Waals surface area (Å²) in [5.41, 5.74) is 5.14. The van der Waals surface area contributed by atoms with Crippen LogP contribution in [0.3, 0.4) is 0 Å². The van der Waals surface area contributed by atoms with Crippen LogP contribution < -0.4 is 15.2 Å². The molecule has 94 valence electrons. The van der Waals surface area contributed by atoms with Gasteiger partial charge in [-0.05, 0) is 18.2 Å². The van der Waals surface area contributed by atoms with E-state index in [0.29, 0.717) is 0 Å². The first-order chi connectivity index (χ1) is 7.85. The maximum Gasteiger partial charge on any atom is 0.299 e. The van der Waals surface area contributed by atoms with E-state index in [4.69, 9.17) is 11.1 Å². The summed E-state index contributed by atoms with van der Waals surface area (Å²) in [5.74, 6) is -1.14. The summed E-state index contributed by atoms with van der Waals surface area (Å²) < 4.78 is 40.3. The molecule has 1 rings (SSSR count). The van der Waals surface area contributed by atoms with Crippen LogP contribution >= 0.6 is 0 Å². The van der Waals surface area contributed by atoms with Gasteiger partial charge in [-0.15, -0.1) is 0 Å². The van der Waals surface area contributed by atoms with E-state index in [9.17, 15) is 12.8 Å². The van der Waals surface area contributed by atoms with E-state index in [2.05, 4.69) is 9.44 Å². The fraction of sp³-hybridized carbons (Fsp3) is 0.222. The van der Waals surface area contributed by atoms with E-state index in [1.807, 2.05) is 0 Å². The molecule has 0 saturated heterocycles. The summed E-state index contributed by atoms with van der Waals surface area (Å²) in [5, 5.41) is 7.13. The number of nitrogen functional groups attached to an aromatic ring is 1. The molecule has 0 bridgehead atoms. The van der Waals surface area contributed by atoms with Gasteiger partial charge in [0.15, 0.2) is 0 Å². The van der Waals surface area contributed by atoms with Crippen molar-refractivity contribution in [3.8, 4) is 0 Å². The first kappa shape index (κ1) is 13.4. The van der Waals surface area contributed by atoms with Crippen LogP contribution in [0.25, 0.3) is 0 Å². The van der Waals surface area contributed by atoms with Gasteiger partial charge in [0.2, 0.25) is 0 Å². The van der Waals surface area contributed by atoms with Gasteiger partial charge in [0.05, 0.1) is 11.3 Å². The molecule has 0 amide bonds. The Morgan fingerprint density at radius 3 is 2.71 bits per heavy atom. The molecule has 0 aliphatic rings. The lowest BCUT2D eigenvalue weighted by Crippen LogP contribution is -2.29. The van der Waals surface area contributed by atoms with Gasteiger partial charge in [-0.25, -0.2) is 4.39 Å². The Hall–Kier alpha value is -1.67. The Labute approximate surface area is 98.7 Å². The summed E-state index contributed by atoms with van der Waals surface area (Å²) >= 11 is 0. The lowest BCUT2D eigenvalue weighted by molar-refractivity contribution is 0.589. The highest BCUT2D eigenvalue weighted by molar-refractivity contribution is 7.90. The second-order valence-electron chi connectivity index (χ2n) is 3.21. The molecule has 1 aromatic carbocycles. The Bertz CT molecular complexity index is 530. The van der Waals surface area contributed by atoms with Gasteiger partial charge in [0.25, 0.3) is 10.2 Å². The van der Waals surface area contributed by atoms with Gasteiger partial charge >= 0.3 is 0 Å². The summed E-state index contributed by atoms with van der Waals surface area (Å²) in [6, 6.07) is 3.45. The second kappa shape index (κ2) is 5.11. The van der Waals surface area contributed by atoms with Crippen LogP contribution in [-0.4, -0.2) is 20.8 Å². The number of benzene rings is 1. The molecule has 8 heteroatoms. The Morgan fingerprint density at radius 2 is 2.18 bits per heavy atom. The molecule has 17 heavy (non-hydrogen) atoms. The van der Waals surface area contributed by atoms with Crippen molar-refractivity contribution in [2.24, 2.45) is 5.73 Å². The van der Waals surface area contributed by atoms with E-state index >= 15 is 0 Å². The van der Waals surface area contributed by atoms with Gasteiger partial charge in [-0.2, -0.15) is 13.1 Å². The molecule has 0 saturated carbocycles. The fourth-order valence-electron chi connectivity index (χ4n) is 1.18. The monoisotopic (exact) mass is 260 g/mol. The minimum atomic E-state index is -3.67. The van der Waals surface area contributed by atoms with Gasteiger partial charge in [-0.1, -0.05) is 6.92 Å². The highest BCUT2D eigenvalue weighted by atomic mass is 32.2. The van der Waals surface area contributed by atoms with Gasteiger partial charge in [-0.3, -0.25) is 10.1 Å². The van der Waals surface area contributed by atoms with Crippen molar-refractivity contribution < 1.29 is 12.8 Å². The van der Waals surface area contributed by atoms with Crippen molar-refractivity contribution in [2.45, 2.75) is 6.92 Å². The van der Waals surface area contributed by atoms with Crippen LogP contribution in [0.15, 0.2) is 18.2 Å². The molecule has 0 aliphatic carbocycles. The van der Waals surface area contributed by atoms with Crippen molar-refractivity contribution in [3.05, 3.63) is 29.6 Å². The predicted octanol–water partition coefficient (Wildman–Crippen LogP) is 0.376. The Balaban J connectivity index is 3.02. The number of hydrogen-bond acceptors (Lipinski definition) is 3. The topological polar surface area (TPSA) is 108 Å². The molecule has 0 unspecified atom stereocenters. The van der Waals surface area contributed by atoms with Crippen LogP contribution in [-0.2, 0) is 10.2 Å². The standard InChI is InChI=1S/C9H13FN4O2S/c1-2-13-17(15,16)14-6-3-4-8(10)7(5-6)9(11)12/h3-5,13-14H,2H2,1H3,(H3,11,12). The molecule has 5 N–H and O–H groups in total. The van der Waals surface area contributed by atoms with E-state index in [-0.39, 0.29) is 17.8 Å². The SMILES string of the molecule is CCNS(=O)(=O)Nc1ccc(F)c(C(=N)N)c1. The third-order valence-corrected chi connectivity index (χ3v) is 3.02. The lowest BCUT2D eigenvalue weighted by Gasteiger charge is -2.09. The Kier molecular flexibility index (Phi) is 4.02. The van der Waals surface area contributed by atoms with Crippen LogP contribution in [0.1, 0.15) is 12.5 Å². The Morgan fingerprint density at radius 1 is 1.53 bits per heavy atom. The van der Waals surface area contributed by atoms with Gasteiger partial charge in [0.1, 0.15) is 11.7 Å². The maximum atomic E-state index is 13.2. The molecule has 0 fully saturated rings. The zero-order valence-corrected chi connectivity index (χ0v) is 9.94. The lowest BCUT2D eigenvalue weighted by atomic mass is 10.2. The van der Waals surface area contributed by atoms with Crippen molar-refractivity contribution in [1.29, 1.82) is 5.41 Å². The van der Waals surface area contributed by atoms with Crippen molar-refractivity contribution in [2.75, 3.05) is 11.3 Å². The molecular weight excluding hydrogens is 247 g/mol. The normalized spacial score (nSPS) is 11.2. The van der Waals surface area contributed by atoms with Crippen molar-refractivity contribution >= 4 is 21.7 Å². The minimum absolute atomic E-state index is 0.137. The first-order valence-corrected chi connectivity index (χ1v) is 6.25.